The molecule has 5 heteroatoms. The number of rotatable bonds is 5. The first-order valence-corrected chi connectivity index (χ1v) is 7.49. The molecule has 0 aliphatic carbocycles. The van der Waals surface area contributed by atoms with Crippen LogP contribution in [-0.2, 0) is 9.59 Å². The lowest BCUT2D eigenvalue weighted by Crippen LogP contribution is -2.57. The number of likely N-dealkylation sites (tertiary alicyclic amines) is 1. The van der Waals surface area contributed by atoms with Crippen molar-refractivity contribution in [1.29, 1.82) is 0 Å². The van der Waals surface area contributed by atoms with Crippen molar-refractivity contribution in [2.75, 3.05) is 26.2 Å². The van der Waals surface area contributed by atoms with Gasteiger partial charge in [-0.25, -0.2) is 0 Å². The molecule has 2 aliphatic heterocycles. The Balaban J connectivity index is 1.88. The number of carbonyl (C=O) groups is 2. The van der Waals surface area contributed by atoms with E-state index in [-0.39, 0.29) is 24.4 Å². The van der Waals surface area contributed by atoms with E-state index in [1.54, 1.807) is 0 Å². The van der Waals surface area contributed by atoms with Crippen LogP contribution in [0, 0.1) is 5.92 Å². The molecular weight excluding hydrogens is 242 g/mol. The van der Waals surface area contributed by atoms with E-state index in [2.05, 4.69) is 17.6 Å². The molecule has 2 saturated heterocycles. The van der Waals surface area contributed by atoms with Gasteiger partial charge in [-0.2, -0.15) is 0 Å². The molecular formula is C14H25N3O2. The fourth-order valence-corrected chi connectivity index (χ4v) is 3.07. The number of hydrogen-bond donors (Lipinski definition) is 2. The average molecular weight is 267 g/mol. The molecule has 0 aromatic heterocycles. The Morgan fingerprint density at radius 2 is 2.32 bits per heavy atom. The third-order valence-corrected chi connectivity index (χ3v) is 4.18. The zero-order valence-corrected chi connectivity index (χ0v) is 11.8. The van der Waals surface area contributed by atoms with Crippen molar-refractivity contribution in [3.05, 3.63) is 0 Å². The number of nitrogens with zero attached hydrogens (tertiary/aromatic N) is 1. The highest BCUT2D eigenvalue weighted by Crippen LogP contribution is 2.28. The van der Waals surface area contributed by atoms with Gasteiger partial charge in [0.05, 0.1) is 6.54 Å². The van der Waals surface area contributed by atoms with Crippen molar-refractivity contribution in [3.63, 3.8) is 0 Å². The maximum atomic E-state index is 12.0. The van der Waals surface area contributed by atoms with E-state index >= 15 is 0 Å². The quantitative estimate of drug-likeness (QED) is 0.713. The Bertz CT molecular complexity index is 333. The summed E-state index contributed by atoms with van der Waals surface area (Å²) in [6, 6.07) is 0.263. The van der Waals surface area contributed by atoms with Crippen molar-refractivity contribution in [3.8, 4) is 0 Å². The molecule has 2 fully saturated rings. The maximum absolute atomic E-state index is 12.0. The fraction of sp³-hybridized carbons (Fsp3) is 0.857. The summed E-state index contributed by atoms with van der Waals surface area (Å²) in [7, 11) is 0. The van der Waals surface area contributed by atoms with Gasteiger partial charge in [0.2, 0.25) is 11.8 Å². The minimum absolute atomic E-state index is 0.0130. The van der Waals surface area contributed by atoms with E-state index in [0.29, 0.717) is 18.9 Å². The first-order valence-electron chi connectivity index (χ1n) is 7.49. The van der Waals surface area contributed by atoms with E-state index in [9.17, 15) is 9.59 Å². The zero-order chi connectivity index (χ0) is 13.7. The van der Waals surface area contributed by atoms with E-state index in [4.69, 9.17) is 0 Å². The summed E-state index contributed by atoms with van der Waals surface area (Å²) >= 11 is 0. The second-order valence-electron chi connectivity index (χ2n) is 5.58. The Morgan fingerprint density at radius 3 is 3.11 bits per heavy atom. The number of piperidine rings is 2. The molecule has 2 amide bonds. The smallest absolute Gasteiger partial charge is 0.239 e. The molecule has 0 spiro atoms. The van der Waals surface area contributed by atoms with Crippen LogP contribution in [0.3, 0.4) is 0 Å². The van der Waals surface area contributed by atoms with E-state index in [1.165, 1.54) is 0 Å². The Labute approximate surface area is 115 Å². The predicted molar refractivity (Wildman–Crippen MR) is 73.6 cm³/mol. The van der Waals surface area contributed by atoms with Crippen LogP contribution in [0.4, 0.5) is 0 Å². The molecule has 0 aromatic carbocycles. The molecule has 2 aliphatic rings. The van der Waals surface area contributed by atoms with Crippen LogP contribution in [0.2, 0.25) is 0 Å². The average Bonchev–Trinajstić information content (AvgIpc) is 2.42. The Morgan fingerprint density at radius 1 is 1.47 bits per heavy atom. The normalized spacial score (nSPS) is 27.0. The summed E-state index contributed by atoms with van der Waals surface area (Å²) in [6.45, 7) is 4.98. The van der Waals surface area contributed by atoms with Gasteiger partial charge >= 0.3 is 0 Å². The third-order valence-electron chi connectivity index (χ3n) is 4.18. The molecule has 0 saturated carbocycles. The molecule has 2 N–H and O–H groups in total. The molecule has 2 heterocycles. The maximum Gasteiger partial charge on any atom is 0.239 e. The van der Waals surface area contributed by atoms with Gasteiger partial charge in [0.25, 0.3) is 0 Å². The molecule has 2 unspecified atom stereocenters. The van der Waals surface area contributed by atoms with E-state index in [0.717, 1.165) is 38.8 Å². The number of carbonyl (C=O) groups excluding carboxylic acids is 2. The molecule has 5 nitrogen and oxygen atoms in total. The summed E-state index contributed by atoms with van der Waals surface area (Å²) in [5.41, 5.74) is 0. The van der Waals surface area contributed by atoms with Crippen molar-refractivity contribution in [1.82, 2.24) is 15.5 Å². The monoisotopic (exact) mass is 267 g/mol. The second-order valence-corrected chi connectivity index (χ2v) is 5.58. The van der Waals surface area contributed by atoms with Crippen molar-refractivity contribution in [2.45, 2.75) is 45.1 Å². The number of amides is 2. The van der Waals surface area contributed by atoms with Gasteiger partial charge in [0.1, 0.15) is 0 Å². The topological polar surface area (TPSA) is 61.4 Å². The highest BCUT2D eigenvalue weighted by atomic mass is 16.2. The van der Waals surface area contributed by atoms with Crippen molar-refractivity contribution < 1.29 is 9.59 Å². The summed E-state index contributed by atoms with van der Waals surface area (Å²) in [5, 5.41) is 6.27. The molecule has 0 bridgehead atoms. The summed E-state index contributed by atoms with van der Waals surface area (Å²) in [4.78, 5) is 25.7. The molecule has 19 heavy (non-hydrogen) atoms. The summed E-state index contributed by atoms with van der Waals surface area (Å²) < 4.78 is 0. The lowest BCUT2D eigenvalue weighted by Gasteiger charge is -2.43. The number of nitrogens with one attached hydrogen (secondary N) is 2. The number of fused-ring (bicyclic) bond motifs is 1. The van der Waals surface area contributed by atoms with Crippen molar-refractivity contribution in [2.24, 2.45) is 5.92 Å². The van der Waals surface area contributed by atoms with Gasteiger partial charge in [-0.15, -0.1) is 0 Å². The lowest BCUT2D eigenvalue weighted by atomic mass is 9.84. The zero-order valence-electron chi connectivity index (χ0n) is 11.8. The van der Waals surface area contributed by atoms with Crippen LogP contribution in [0.15, 0.2) is 0 Å². The largest absolute Gasteiger partial charge is 0.355 e. The summed E-state index contributed by atoms with van der Waals surface area (Å²) in [6.07, 6.45) is 4.59. The molecule has 2 atom stereocenters. The predicted octanol–water partition coefficient (Wildman–Crippen LogP) is 0.503. The molecule has 2 rings (SSSR count). The lowest BCUT2D eigenvalue weighted by molar-refractivity contribution is -0.143. The van der Waals surface area contributed by atoms with Crippen LogP contribution >= 0.6 is 0 Å². The van der Waals surface area contributed by atoms with Gasteiger partial charge in [-0.05, 0) is 38.3 Å². The van der Waals surface area contributed by atoms with E-state index in [1.807, 2.05) is 4.90 Å². The van der Waals surface area contributed by atoms with Gasteiger partial charge in [-0.1, -0.05) is 13.3 Å². The third kappa shape index (κ3) is 3.69. The Kier molecular flexibility index (Phi) is 5.19. The second kappa shape index (κ2) is 6.89. The SMILES string of the molecule is CCCCNC(=O)CN1C(=O)CCC2CNCCC21. The van der Waals surface area contributed by atoms with Crippen molar-refractivity contribution >= 4 is 11.8 Å². The first kappa shape index (κ1) is 14.3. The molecule has 0 aromatic rings. The summed E-state index contributed by atoms with van der Waals surface area (Å²) in [5.74, 6) is 0.657. The molecule has 0 radical (unpaired) electrons. The van der Waals surface area contributed by atoms with Crippen LogP contribution in [-0.4, -0.2) is 48.9 Å². The molecule has 108 valence electrons. The van der Waals surface area contributed by atoms with Gasteiger partial charge in [0, 0.05) is 19.0 Å². The van der Waals surface area contributed by atoms with Crippen LogP contribution < -0.4 is 10.6 Å². The van der Waals surface area contributed by atoms with Crippen LogP contribution in [0.25, 0.3) is 0 Å². The minimum atomic E-state index is -0.0130. The standard InChI is InChI=1S/C14H25N3O2/c1-2-3-7-16-13(18)10-17-12-6-8-15-9-11(12)4-5-14(17)19/h11-12,15H,2-10H2,1H3,(H,16,18). The first-order chi connectivity index (χ1) is 9.22. The highest BCUT2D eigenvalue weighted by Gasteiger charge is 2.37. The minimum Gasteiger partial charge on any atom is -0.355 e. The van der Waals surface area contributed by atoms with Crippen LogP contribution in [0.1, 0.15) is 39.0 Å². The Hall–Kier alpha value is -1.10. The van der Waals surface area contributed by atoms with Crippen LogP contribution in [0.5, 0.6) is 0 Å². The van der Waals surface area contributed by atoms with Gasteiger partial charge in [-0.3, -0.25) is 9.59 Å². The fourth-order valence-electron chi connectivity index (χ4n) is 3.07. The van der Waals surface area contributed by atoms with Gasteiger partial charge < -0.3 is 15.5 Å². The number of hydrogen-bond acceptors (Lipinski definition) is 3. The number of unbranched alkanes of at least 4 members (excludes halogenated alkanes) is 1. The van der Waals surface area contributed by atoms with Gasteiger partial charge in [0.15, 0.2) is 0 Å². The highest BCUT2D eigenvalue weighted by molar-refractivity contribution is 5.85. The van der Waals surface area contributed by atoms with E-state index < -0.39 is 0 Å².